The number of hydrogen-bond donors (Lipinski definition) is 1. The van der Waals surface area contributed by atoms with Crippen molar-refractivity contribution in [3.8, 4) is 11.5 Å². The van der Waals surface area contributed by atoms with Crippen molar-refractivity contribution in [3.63, 3.8) is 0 Å². The van der Waals surface area contributed by atoms with Gasteiger partial charge in [0.05, 0.1) is 11.8 Å². The number of aryl methyl sites for hydroxylation is 1. The molecule has 0 heterocycles. The second kappa shape index (κ2) is 12.6. The molecule has 0 saturated heterocycles. The zero-order valence-corrected chi connectivity index (χ0v) is 19.9. The van der Waals surface area contributed by atoms with Crippen LogP contribution in [0.1, 0.15) is 41.3 Å². The molecule has 0 fully saturated rings. The average Bonchev–Trinajstić information content (AvgIpc) is 2.83. The Morgan fingerprint density at radius 2 is 1.67 bits per heavy atom. The van der Waals surface area contributed by atoms with Gasteiger partial charge in [0.15, 0.2) is 6.61 Å². The largest absolute Gasteiger partial charge is 0.484 e. The molecule has 0 saturated carbocycles. The predicted molar refractivity (Wildman–Crippen MR) is 132 cm³/mol. The molecule has 3 aromatic rings. The van der Waals surface area contributed by atoms with Crippen LogP contribution in [0.25, 0.3) is 0 Å². The molecule has 7 heteroatoms. The highest BCUT2D eigenvalue weighted by atomic mass is 79.9. The Kier molecular flexibility index (Phi) is 9.20. The Balaban J connectivity index is 1.43. The molecule has 3 rings (SSSR count). The van der Waals surface area contributed by atoms with Gasteiger partial charge < -0.3 is 9.47 Å². The number of carbonyl (C=O) groups excluding carboxylic acids is 2. The minimum absolute atomic E-state index is 0.129. The van der Waals surface area contributed by atoms with Crippen molar-refractivity contribution in [3.05, 3.63) is 94.0 Å². The fraction of sp³-hybridized carbons (Fsp3) is 0.192. The van der Waals surface area contributed by atoms with Crippen molar-refractivity contribution in [1.82, 2.24) is 5.43 Å². The normalized spacial score (nSPS) is 10.7. The zero-order valence-electron chi connectivity index (χ0n) is 18.3. The third-order valence-corrected chi connectivity index (χ3v) is 5.39. The van der Waals surface area contributed by atoms with Gasteiger partial charge in [0.25, 0.3) is 5.91 Å². The number of nitrogens with one attached hydrogen (secondary N) is 1. The predicted octanol–water partition coefficient (Wildman–Crippen LogP) is 5.54. The summed E-state index contributed by atoms with van der Waals surface area (Å²) in [5.41, 5.74) is 4.87. The first kappa shape index (κ1) is 24.2. The minimum Gasteiger partial charge on any atom is -0.484 e. The summed E-state index contributed by atoms with van der Waals surface area (Å²) in [5, 5.41) is 3.93. The van der Waals surface area contributed by atoms with Gasteiger partial charge in [0.1, 0.15) is 11.5 Å². The molecule has 0 aliphatic rings. The number of carbonyl (C=O) groups is 2. The Morgan fingerprint density at radius 1 is 0.970 bits per heavy atom. The molecular formula is C26H25BrN2O4. The molecule has 0 spiro atoms. The van der Waals surface area contributed by atoms with E-state index in [9.17, 15) is 9.59 Å². The summed E-state index contributed by atoms with van der Waals surface area (Å²) in [6, 6.07) is 21.6. The summed E-state index contributed by atoms with van der Waals surface area (Å²) < 4.78 is 11.5. The van der Waals surface area contributed by atoms with Crippen molar-refractivity contribution >= 4 is 34.0 Å². The molecule has 6 nitrogen and oxygen atoms in total. The summed E-state index contributed by atoms with van der Waals surface area (Å²) in [4.78, 5) is 24.2. The maximum Gasteiger partial charge on any atom is 0.344 e. The van der Waals surface area contributed by atoms with E-state index in [1.807, 2.05) is 30.3 Å². The molecule has 0 unspecified atom stereocenters. The second-order valence-corrected chi connectivity index (χ2v) is 8.12. The summed E-state index contributed by atoms with van der Waals surface area (Å²) in [6.45, 7) is 2.03. The zero-order chi connectivity index (χ0) is 23.5. The maximum atomic E-state index is 12.3. The smallest absolute Gasteiger partial charge is 0.344 e. The number of ether oxygens (including phenoxy) is 2. The molecule has 0 aliphatic heterocycles. The van der Waals surface area contributed by atoms with Crippen LogP contribution in [0.5, 0.6) is 11.5 Å². The van der Waals surface area contributed by atoms with Crippen LogP contribution in [0.15, 0.2) is 82.4 Å². The van der Waals surface area contributed by atoms with Crippen molar-refractivity contribution in [1.29, 1.82) is 0 Å². The summed E-state index contributed by atoms with van der Waals surface area (Å²) in [5.74, 6) is 0.236. The number of halogens is 1. The quantitative estimate of drug-likeness (QED) is 0.169. The lowest BCUT2D eigenvalue weighted by molar-refractivity contribution is -0.123. The molecule has 33 heavy (non-hydrogen) atoms. The number of rotatable bonds is 10. The first-order valence-electron chi connectivity index (χ1n) is 10.7. The van der Waals surface area contributed by atoms with Crippen molar-refractivity contribution in [2.75, 3.05) is 6.61 Å². The van der Waals surface area contributed by atoms with Crippen LogP contribution >= 0.6 is 15.9 Å². The van der Waals surface area contributed by atoms with E-state index in [1.165, 1.54) is 11.8 Å². The van der Waals surface area contributed by atoms with E-state index in [1.54, 1.807) is 42.5 Å². The molecule has 3 aromatic carbocycles. The number of hydrogen-bond acceptors (Lipinski definition) is 5. The van der Waals surface area contributed by atoms with Gasteiger partial charge in [-0.25, -0.2) is 10.2 Å². The third-order valence-electron chi connectivity index (χ3n) is 4.70. The monoisotopic (exact) mass is 508 g/mol. The van der Waals surface area contributed by atoms with Crippen LogP contribution in [-0.2, 0) is 11.2 Å². The van der Waals surface area contributed by atoms with Gasteiger partial charge in [-0.2, -0.15) is 5.10 Å². The SMILES string of the molecule is CCCCc1ccc(OCC(=O)N/N=C/c2ccc(OC(=O)c3ccccc3Br)cc2)cc1. The van der Waals surface area contributed by atoms with E-state index >= 15 is 0 Å². The minimum atomic E-state index is -0.452. The molecule has 0 aromatic heterocycles. The van der Waals surface area contributed by atoms with Gasteiger partial charge in [-0.15, -0.1) is 0 Å². The van der Waals surface area contributed by atoms with E-state index < -0.39 is 5.97 Å². The van der Waals surface area contributed by atoms with Gasteiger partial charge in [0, 0.05) is 4.47 Å². The fourth-order valence-electron chi connectivity index (χ4n) is 2.90. The summed E-state index contributed by atoms with van der Waals surface area (Å²) in [6.07, 6.45) is 4.85. The van der Waals surface area contributed by atoms with Crippen LogP contribution < -0.4 is 14.9 Å². The van der Waals surface area contributed by atoms with Crippen LogP contribution in [0.3, 0.4) is 0 Å². The molecule has 1 N–H and O–H groups in total. The highest BCUT2D eigenvalue weighted by molar-refractivity contribution is 9.10. The van der Waals surface area contributed by atoms with Crippen molar-refractivity contribution in [2.45, 2.75) is 26.2 Å². The van der Waals surface area contributed by atoms with E-state index in [-0.39, 0.29) is 12.5 Å². The van der Waals surface area contributed by atoms with E-state index in [2.05, 4.69) is 33.4 Å². The van der Waals surface area contributed by atoms with Crippen molar-refractivity contribution in [2.24, 2.45) is 5.10 Å². The van der Waals surface area contributed by atoms with Gasteiger partial charge in [-0.05, 0) is 88.4 Å². The van der Waals surface area contributed by atoms with Crippen LogP contribution in [0.4, 0.5) is 0 Å². The van der Waals surface area contributed by atoms with Gasteiger partial charge in [0.2, 0.25) is 0 Å². The average molecular weight is 509 g/mol. The lowest BCUT2D eigenvalue weighted by atomic mass is 10.1. The van der Waals surface area contributed by atoms with Gasteiger partial charge in [-0.1, -0.05) is 37.6 Å². The van der Waals surface area contributed by atoms with E-state index in [4.69, 9.17) is 9.47 Å². The van der Waals surface area contributed by atoms with Crippen LogP contribution in [0, 0.1) is 0 Å². The first-order chi connectivity index (χ1) is 16.0. The molecule has 0 aliphatic carbocycles. The second-order valence-electron chi connectivity index (χ2n) is 7.27. The number of esters is 1. The number of hydrazone groups is 1. The Bertz CT molecular complexity index is 1100. The van der Waals surface area contributed by atoms with Crippen LogP contribution in [-0.4, -0.2) is 24.7 Å². The lowest BCUT2D eigenvalue weighted by Crippen LogP contribution is -2.24. The number of nitrogens with zero attached hydrogens (tertiary/aromatic N) is 1. The number of unbranched alkanes of at least 4 members (excludes halogenated alkanes) is 1. The topological polar surface area (TPSA) is 77.0 Å². The summed E-state index contributed by atoms with van der Waals surface area (Å²) in [7, 11) is 0. The Morgan fingerprint density at radius 3 is 2.36 bits per heavy atom. The van der Waals surface area contributed by atoms with Crippen molar-refractivity contribution < 1.29 is 19.1 Å². The molecule has 170 valence electrons. The standard InChI is InChI=1S/C26H25BrN2O4/c1-2-3-6-19-9-13-21(14-10-19)32-18-25(30)29-28-17-20-11-15-22(16-12-20)33-26(31)23-7-4-5-8-24(23)27/h4-5,7-17H,2-3,6,18H2,1H3,(H,29,30)/b28-17+. The van der Waals surface area contributed by atoms with Gasteiger partial charge in [-0.3, -0.25) is 4.79 Å². The molecular weight excluding hydrogens is 484 g/mol. The van der Waals surface area contributed by atoms with E-state index in [0.29, 0.717) is 21.5 Å². The molecule has 1 amide bonds. The maximum absolute atomic E-state index is 12.3. The molecule has 0 radical (unpaired) electrons. The third kappa shape index (κ3) is 7.88. The fourth-order valence-corrected chi connectivity index (χ4v) is 3.35. The highest BCUT2D eigenvalue weighted by Crippen LogP contribution is 2.19. The Hall–Kier alpha value is -3.45. The Labute approximate surface area is 201 Å². The number of benzene rings is 3. The van der Waals surface area contributed by atoms with Crippen LogP contribution in [0.2, 0.25) is 0 Å². The van der Waals surface area contributed by atoms with Gasteiger partial charge >= 0.3 is 5.97 Å². The van der Waals surface area contributed by atoms with E-state index in [0.717, 1.165) is 24.8 Å². The highest BCUT2D eigenvalue weighted by Gasteiger charge is 2.11. The number of amides is 1. The molecule has 0 atom stereocenters. The summed E-state index contributed by atoms with van der Waals surface area (Å²) >= 11 is 3.34. The first-order valence-corrected chi connectivity index (χ1v) is 11.4. The lowest BCUT2D eigenvalue weighted by Gasteiger charge is -2.06. The molecule has 0 bridgehead atoms.